The van der Waals surface area contributed by atoms with Crippen molar-refractivity contribution in [1.82, 2.24) is 5.43 Å². The van der Waals surface area contributed by atoms with Gasteiger partial charge < -0.3 is 5.43 Å². The molecule has 15 heavy (non-hydrogen) atoms. The van der Waals surface area contributed by atoms with Crippen molar-refractivity contribution in [2.75, 3.05) is 0 Å². The Kier molecular flexibility index (Phi) is 3.43. The molecule has 0 saturated heterocycles. The minimum atomic E-state index is 0.451. The van der Waals surface area contributed by atoms with Crippen molar-refractivity contribution in [3.63, 3.8) is 0 Å². The van der Waals surface area contributed by atoms with Crippen LogP contribution in [0.1, 0.15) is 18.4 Å². The molecule has 2 rings (SSSR count). The van der Waals surface area contributed by atoms with Crippen LogP contribution in [0.2, 0.25) is 0 Å². The van der Waals surface area contributed by atoms with Crippen LogP contribution in [0.5, 0.6) is 0 Å². The molecule has 0 unspecified atom stereocenters. The largest absolute Gasteiger partial charge is 0.308 e. The molecule has 1 aliphatic rings. The van der Waals surface area contributed by atoms with Crippen molar-refractivity contribution >= 4 is 37.7 Å². The monoisotopic (exact) mass is 331 g/mol. The number of nitrogens with zero attached hydrogens (tertiary/aromatic N) is 1. The molecule has 1 saturated carbocycles. The Balaban J connectivity index is 2.33. The average Bonchev–Trinajstić information content (AvgIpc) is 2.99. The first-order valence-electron chi connectivity index (χ1n) is 4.70. The van der Waals surface area contributed by atoms with E-state index in [1.165, 1.54) is 12.8 Å². The normalized spacial score (nSPS) is 16.6. The highest BCUT2D eigenvalue weighted by Crippen LogP contribution is 2.26. The molecule has 3 nitrogen and oxygen atoms in total. The number of nitrogens with two attached hydrogens (primary N) is 1. The number of halogens is 2. The van der Waals surface area contributed by atoms with Crippen molar-refractivity contribution < 1.29 is 0 Å². The Labute approximate surface area is 105 Å². The van der Waals surface area contributed by atoms with Crippen LogP contribution in [0, 0.1) is 0 Å². The Bertz CT molecular complexity index is 400. The third kappa shape index (κ3) is 2.80. The number of hydrogen-bond donors (Lipinski definition) is 2. The molecule has 1 aromatic carbocycles. The second kappa shape index (κ2) is 4.63. The van der Waals surface area contributed by atoms with Crippen LogP contribution in [0.3, 0.4) is 0 Å². The second-order valence-electron chi connectivity index (χ2n) is 3.48. The van der Waals surface area contributed by atoms with Gasteiger partial charge in [0.25, 0.3) is 0 Å². The van der Waals surface area contributed by atoms with Crippen molar-refractivity contribution in [2.45, 2.75) is 18.9 Å². The van der Waals surface area contributed by atoms with Gasteiger partial charge in [0, 0.05) is 14.5 Å². The van der Waals surface area contributed by atoms with Crippen molar-refractivity contribution in [1.29, 1.82) is 0 Å². The predicted octanol–water partition coefficient (Wildman–Crippen LogP) is 2.58. The van der Waals surface area contributed by atoms with E-state index >= 15 is 0 Å². The highest BCUT2D eigenvalue weighted by molar-refractivity contribution is 9.11. The lowest BCUT2D eigenvalue weighted by molar-refractivity contribution is 0.970. The van der Waals surface area contributed by atoms with Gasteiger partial charge in [0.15, 0.2) is 0 Å². The van der Waals surface area contributed by atoms with Gasteiger partial charge in [-0.1, -0.05) is 15.9 Å². The van der Waals surface area contributed by atoms with Crippen LogP contribution in [0.25, 0.3) is 0 Å². The van der Waals surface area contributed by atoms with Crippen LogP contribution in [-0.2, 0) is 0 Å². The van der Waals surface area contributed by atoms with Gasteiger partial charge in [0.2, 0.25) is 0 Å². The molecule has 0 heterocycles. The molecule has 0 amide bonds. The third-order valence-corrected chi connectivity index (χ3v) is 3.33. The summed E-state index contributed by atoms with van der Waals surface area (Å²) in [4.78, 5) is 4.50. The molecular formula is C10H11Br2N3. The average molecular weight is 333 g/mol. The van der Waals surface area contributed by atoms with Crippen molar-refractivity contribution in [3.8, 4) is 0 Å². The van der Waals surface area contributed by atoms with Crippen LogP contribution >= 0.6 is 31.9 Å². The number of nitrogens with one attached hydrogen (secondary N) is 1. The highest BCUT2D eigenvalue weighted by atomic mass is 79.9. The van der Waals surface area contributed by atoms with Crippen molar-refractivity contribution in [2.24, 2.45) is 10.8 Å². The van der Waals surface area contributed by atoms with E-state index in [1.54, 1.807) is 0 Å². The van der Waals surface area contributed by atoms with E-state index in [1.807, 2.05) is 18.2 Å². The Morgan fingerprint density at radius 2 is 2.13 bits per heavy atom. The lowest BCUT2D eigenvalue weighted by Crippen LogP contribution is -2.31. The predicted molar refractivity (Wildman–Crippen MR) is 68.7 cm³/mol. The molecule has 1 aliphatic carbocycles. The number of rotatable bonds is 2. The lowest BCUT2D eigenvalue weighted by atomic mass is 10.2. The van der Waals surface area contributed by atoms with Crippen LogP contribution in [-0.4, -0.2) is 11.9 Å². The van der Waals surface area contributed by atoms with Gasteiger partial charge in [-0.15, -0.1) is 0 Å². The quantitative estimate of drug-likeness (QED) is 0.378. The molecular weight excluding hydrogens is 322 g/mol. The first kappa shape index (κ1) is 11.1. The fourth-order valence-corrected chi connectivity index (χ4v) is 2.49. The van der Waals surface area contributed by atoms with Crippen molar-refractivity contribution in [3.05, 3.63) is 32.7 Å². The zero-order valence-corrected chi connectivity index (χ0v) is 11.2. The number of benzene rings is 1. The maximum absolute atomic E-state index is 5.47. The molecule has 0 aliphatic heterocycles. The number of hydrogen-bond acceptors (Lipinski definition) is 2. The summed E-state index contributed by atoms with van der Waals surface area (Å²) >= 11 is 6.90. The molecule has 0 radical (unpaired) electrons. The molecule has 0 bridgehead atoms. The first-order chi connectivity index (χ1) is 7.20. The summed E-state index contributed by atoms with van der Waals surface area (Å²) in [5, 5.41) is 0. The van der Waals surface area contributed by atoms with Gasteiger partial charge in [0.1, 0.15) is 5.84 Å². The van der Waals surface area contributed by atoms with Gasteiger partial charge in [-0.2, -0.15) is 0 Å². The smallest absolute Gasteiger partial charge is 0.143 e. The SMILES string of the molecule is NNC(=NC1CC1)c1ccc(Br)cc1Br. The van der Waals surface area contributed by atoms with Gasteiger partial charge >= 0.3 is 0 Å². The Morgan fingerprint density at radius 3 is 2.67 bits per heavy atom. The van der Waals surface area contributed by atoms with E-state index in [9.17, 15) is 0 Å². The standard InChI is InChI=1S/C10H11Br2N3/c11-6-1-4-8(9(12)5-6)10(15-13)14-7-2-3-7/h1,4-5,7H,2-3,13H2,(H,14,15). The zero-order chi connectivity index (χ0) is 10.8. The van der Waals surface area contributed by atoms with Gasteiger partial charge in [-0.05, 0) is 47.0 Å². The van der Waals surface area contributed by atoms with Gasteiger partial charge in [-0.25, -0.2) is 5.84 Å². The molecule has 0 spiro atoms. The third-order valence-electron chi connectivity index (χ3n) is 2.18. The van der Waals surface area contributed by atoms with Crippen LogP contribution in [0.4, 0.5) is 0 Å². The lowest BCUT2D eigenvalue weighted by Gasteiger charge is -2.08. The number of hydrazine groups is 1. The summed E-state index contributed by atoms with van der Waals surface area (Å²) in [6, 6.07) is 6.39. The Hall–Kier alpha value is -0.390. The molecule has 1 fully saturated rings. The fourth-order valence-electron chi connectivity index (χ4n) is 1.25. The minimum absolute atomic E-state index is 0.451. The topological polar surface area (TPSA) is 50.4 Å². The summed E-state index contributed by atoms with van der Waals surface area (Å²) in [5.74, 6) is 6.22. The second-order valence-corrected chi connectivity index (χ2v) is 5.25. The minimum Gasteiger partial charge on any atom is -0.308 e. The maximum atomic E-state index is 5.47. The molecule has 0 aromatic heterocycles. The van der Waals surface area contributed by atoms with Gasteiger partial charge in [-0.3, -0.25) is 4.99 Å². The summed E-state index contributed by atoms with van der Waals surface area (Å²) in [6.45, 7) is 0. The van der Waals surface area contributed by atoms with Crippen LogP contribution < -0.4 is 11.3 Å². The van der Waals surface area contributed by atoms with E-state index in [4.69, 9.17) is 5.84 Å². The number of amidine groups is 1. The number of aliphatic imine (C=N–C) groups is 1. The van der Waals surface area contributed by atoms with E-state index in [0.717, 1.165) is 20.3 Å². The van der Waals surface area contributed by atoms with E-state index in [0.29, 0.717) is 6.04 Å². The first-order valence-corrected chi connectivity index (χ1v) is 6.29. The highest BCUT2D eigenvalue weighted by Gasteiger charge is 2.21. The van der Waals surface area contributed by atoms with E-state index in [-0.39, 0.29) is 0 Å². The summed E-state index contributed by atoms with van der Waals surface area (Å²) in [6.07, 6.45) is 2.33. The fraction of sp³-hybridized carbons (Fsp3) is 0.300. The molecule has 1 aromatic rings. The van der Waals surface area contributed by atoms with Gasteiger partial charge in [0.05, 0.1) is 6.04 Å². The molecule has 80 valence electrons. The van der Waals surface area contributed by atoms with E-state index < -0.39 is 0 Å². The van der Waals surface area contributed by atoms with Crippen LogP contribution in [0.15, 0.2) is 32.1 Å². The zero-order valence-electron chi connectivity index (χ0n) is 8.00. The Morgan fingerprint density at radius 1 is 1.40 bits per heavy atom. The maximum Gasteiger partial charge on any atom is 0.143 e. The molecule has 5 heteroatoms. The van der Waals surface area contributed by atoms with E-state index in [2.05, 4.69) is 42.3 Å². The summed E-state index contributed by atoms with van der Waals surface area (Å²) < 4.78 is 2.01. The summed E-state index contributed by atoms with van der Waals surface area (Å²) in [5.41, 5.74) is 3.65. The molecule has 3 N–H and O–H groups in total. The molecule has 0 atom stereocenters. The summed E-state index contributed by atoms with van der Waals surface area (Å²) in [7, 11) is 0.